The van der Waals surface area contributed by atoms with Gasteiger partial charge < -0.3 is 10.5 Å². The summed E-state index contributed by atoms with van der Waals surface area (Å²) in [6, 6.07) is 8.82. The lowest BCUT2D eigenvalue weighted by molar-refractivity contribution is 0.0328. The second kappa shape index (κ2) is 7.16. The first-order chi connectivity index (χ1) is 9.60. The minimum atomic E-state index is 0.416. The molecule has 0 heterocycles. The first-order valence-electron chi connectivity index (χ1n) is 7.22. The maximum Gasteiger partial charge on any atom is 0.103 e. The summed E-state index contributed by atoms with van der Waals surface area (Å²) in [7, 11) is 4.01. The molecule has 2 atom stereocenters. The lowest BCUT2D eigenvalue weighted by atomic mass is 9.91. The smallest absolute Gasteiger partial charge is 0.103 e. The van der Waals surface area contributed by atoms with E-state index in [9.17, 15) is 0 Å². The van der Waals surface area contributed by atoms with E-state index in [-0.39, 0.29) is 0 Å². The van der Waals surface area contributed by atoms with Gasteiger partial charge in [-0.2, -0.15) is 0 Å². The lowest BCUT2D eigenvalue weighted by Crippen LogP contribution is -2.37. The Bertz CT molecular complexity index is 464. The number of ether oxygens (including phenoxy) is 1. The summed E-state index contributed by atoms with van der Waals surface area (Å²) in [5, 5.41) is 0. The average Bonchev–Trinajstić information content (AvgIpc) is 2.47. The van der Waals surface area contributed by atoms with Crippen molar-refractivity contribution in [1.29, 1.82) is 0 Å². The molecule has 4 heteroatoms. The van der Waals surface area contributed by atoms with Crippen LogP contribution in [-0.4, -0.2) is 36.2 Å². The monoisotopic (exact) mass is 292 g/mol. The van der Waals surface area contributed by atoms with E-state index < -0.39 is 0 Å². The molecule has 0 spiro atoms. The maximum atomic E-state index is 5.69. The third kappa shape index (κ3) is 4.01. The molecule has 0 amide bonds. The van der Waals surface area contributed by atoms with Gasteiger partial charge in [-0.25, -0.2) is 0 Å². The van der Waals surface area contributed by atoms with Crippen LogP contribution in [-0.2, 0) is 11.3 Å². The van der Waals surface area contributed by atoms with Crippen LogP contribution in [0.4, 0.5) is 0 Å². The van der Waals surface area contributed by atoms with E-state index in [1.54, 1.807) is 0 Å². The molecule has 20 heavy (non-hydrogen) atoms. The van der Waals surface area contributed by atoms with Gasteiger partial charge in [-0.05, 0) is 44.4 Å². The molecule has 2 unspecified atom stereocenters. The third-order valence-corrected chi connectivity index (χ3v) is 4.43. The number of nitrogens with two attached hydrogens (primary N) is 1. The second-order valence-electron chi connectivity index (χ2n) is 5.66. The van der Waals surface area contributed by atoms with Crippen molar-refractivity contribution in [3.05, 3.63) is 35.4 Å². The average molecular weight is 292 g/mol. The van der Waals surface area contributed by atoms with Crippen molar-refractivity contribution < 1.29 is 4.74 Å². The predicted molar refractivity (Wildman–Crippen MR) is 86.8 cm³/mol. The van der Waals surface area contributed by atoms with Crippen LogP contribution in [0.5, 0.6) is 0 Å². The Morgan fingerprint density at radius 3 is 2.95 bits per heavy atom. The minimum absolute atomic E-state index is 0.416. The van der Waals surface area contributed by atoms with Crippen molar-refractivity contribution in [3.63, 3.8) is 0 Å². The van der Waals surface area contributed by atoms with Crippen molar-refractivity contribution in [3.8, 4) is 0 Å². The van der Waals surface area contributed by atoms with Crippen molar-refractivity contribution in [2.45, 2.75) is 44.4 Å². The van der Waals surface area contributed by atoms with Crippen LogP contribution in [0.1, 0.15) is 36.8 Å². The molecule has 0 aromatic heterocycles. The standard InChI is InChI=1S/C16H24N2OS/c1-18(14-7-4-8-15(10-14)19-2)11-12-5-3-6-13(9-12)16(17)20/h3,5-6,9,14-15H,4,7-8,10-11H2,1-2H3,(H2,17,20). The Hall–Kier alpha value is -0.970. The highest BCUT2D eigenvalue weighted by Crippen LogP contribution is 2.25. The van der Waals surface area contributed by atoms with Crippen LogP contribution in [0.2, 0.25) is 0 Å². The van der Waals surface area contributed by atoms with E-state index in [0.717, 1.165) is 18.5 Å². The van der Waals surface area contributed by atoms with Crippen LogP contribution >= 0.6 is 12.2 Å². The Labute approximate surface area is 127 Å². The Balaban J connectivity index is 1.98. The van der Waals surface area contributed by atoms with Gasteiger partial charge in [0.1, 0.15) is 4.99 Å². The van der Waals surface area contributed by atoms with Crippen molar-refractivity contribution in [1.82, 2.24) is 4.90 Å². The fourth-order valence-corrected chi connectivity index (χ4v) is 3.10. The maximum absolute atomic E-state index is 5.69. The number of hydrogen-bond donors (Lipinski definition) is 1. The fourth-order valence-electron chi connectivity index (χ4n) is 2.97. The molecule has 1 aliphatic carbocycles. The van der Waals surface area contributed by atoms with Gasteiger partial charge in [0.05, 0.1) is 6.10 Å². The first-order valence-corrected chi connectivity index (χ1v) is 7.62. The molecule has 110 valence electrons. The van der Waals surface area contributed by atoms with Crippen LogP contribution in [0.15, 0.2) is 24.3 Å². The molecule has 0 saturated heterocycles. The summed E-state index contributed by atoms with van der Waals surface area (Å²) in [5.41, 5.74) is 7.90. The normalized spacial score (nSPS) is 22.9. The van der Waals surface area contributed by atoms with Crippen LogP contribution in [0.3, 0.4) is 0 Å². The van der Waals surface area contributed by atoms with Gasteiger partial charge >= 0.3 is 0 Å². The molecular weight excluding hydrogens is 268 g/mol. The van der Waals surface area contributed by atoms with Gasteiger partial charge in [0, 0.05) is 25.3 Å². The summed E-state index contributed by atoms with van der Waals surface area (Å²) >= 11 is 5.04. The quantitative estimate of drug-likeness (QED) is 0.847. The molecule has 1 aromatic rings. The van der Waals surface area contributed by atoms with Gasteiger partial charge in [-0.15, -0.1) is 0 Å². The zero-order chi connectivity index (χ0) is 14.5. The van der Waals surface area contributed by atoms with Crippen LogP contribution < -0.4 is 5.73 Å². The fraction of sp³-hybridized carbons (Fsp3) is 0.562. The van der Waals surface area contributed by atoms with Crippen LogP contribution in [0, 0.1) is 0 Å². The van der Waals surface area contributed by atoms with Crippen molar-refractivity contribution >= 4 is 17.2 Å². The molecule has 1 aromatic carbocycles. The second-order valence-corrected chi connectivity index (χ2v) is 6.10. The molecular formula is C16H24N2OS. The van der Waals surface area contributed by atoms with Gasteiger partial charge in [0.25, 0.3) is 0 Å². The summed E-state index contributed by atoms with van der Waals surface area (Å²) in [6.45, 7) is 0.928. The van der Waals surface area contributed by atoms with Crippen molar-refractivity contribution in [2.24, 2.45) is 5.73 Å². The number of methoxy groups -OCH3 is 1. The topological polar surface area (TPSA) is 38.5 Å². The van der Waals surface area contributed by atoms with E-state index in [4.69, 9.17) is 22.7 Å². The number of thiocarbonyl (C=S) groups is 1. The molecule has 3 nitrogen and oxygen atoms in total. The summed E-state index contributed by atoms with van der Waals surface area (Å²) in [6.07, 6.45) is 5.24. The number of hydrogen-bond acceptors (Lipinski definition) is 3. The van der Waals surface area contributed by atoms with E-state index in [1.807, 2.05) is 19.2 Å². The SMILES string of the molecule is COC1CCCC(N(C)Cc2cccc(C(N)=S)c2)C1. The van der Waals surface area contributed by atoms with Gasteiger partial charge in [0.15, 0.2) is 0 Å². The zero-order valence-corrected chi connectivity index (χ0v) is 13.2. The number of benzene rings is 1. The van der Waals surface area contributed by atoms with Crippen LogP contribution in [0.25, 0.3) is 0 Å². The van der Waals surface area contributed by atoms with E-state index in [1.165, 1.54) is 24.8 Å². The first kappa shape index (κ1) is 15.4. The summed E-state index contributed by atoms with van der Waals surface area (Å²) in [5.74, 6) is 0. The number of nitrogens with zero attached hydrogens (tertiary/aromatic N) is 1. The Morgan fingerprint density at radius 2 is 2.25 bits per heavy atom. The van der Waals surface area contributed by atoms with Gasteiger partial charge in [0.2, 0.25) is 0 Å². The molecule has 2 rings (SSSR count). The molecule has 1 fully saturated rings. The zero-order valence-electron chi connectivity index (χ0n) is 12.3. The molecule has 2 N–H and O–H groups in total. The van der Waals surface area contributed by atoms with E-state index in [0.29, 0.717) is 17.1 Å². The molecule has 0 aliphatic heterocycles. The predicted octanol–water partition coefficient (Wildman–Crippen LogP) is 2.71. The highest BCUT2D eigenvalue weighted by Gasteiger charge is 2.24. The highest BCUT2D eigenvalue weighted by atomic mass is 32.1. The third-order valence-electron chi connectivity index (χ3n) is 4.20. The highest BCUT2D eigenvalue weighted by molar-refractivity contribution is 7.80. The Kier molecular flexibility index (Phi) is 5.52. The van der Waals surface area contributed by atoms with Crippen molar-refractivity contribution in [2.75, 3.05) is 14.2 Å². The Morgan fingerprint density at radius 1 is 1.45 bits per heavy atom. The largest absolute Gasteiger partial charge is 0.389 e. The molecule has 0 radical (unpaired) electrons. The summed E-state index contributed by atoms with van der Waals surface area (Å²) < 4.78 is 5.51. The van der Waals surface area contributed by atoms with E-state index in [2.05, 4.69) is 24.1 Å². The van der Waals surface area contributed by atoms with E-state index >= 15 is 0 Å². The van der Waals surface area contributed by atoms with Gasteiger partial charge in [-0.1, -0.05) is 30.4 Å². The minimum Gasteiger partial charge on any atom is -0.389 e. The number of rotatable bonds is 5. The summed E-state index contributed by atoms with van der Waals surface area (Å²) in [4.78, 5) is 2.88. The van der Waals surface area contributed by atoms with Gasteiger partial charge in [-0.3, -0.25) is 4.90 Å². The molecule has 1 saturated carbocycles. The molecule has 1 aliphatic rings. The molecule has 0 bridgehead atoms. The lowest BCUT2D eigenvalue weighted by Gasteiger charge is -2.34.